The van der Waals surface area contributed by atoms with Gasteiger partial charge in [0, 0.05) is 17.6 Å². The van der Waals surface area contributed by atoms with Crippen LogP contribution in [0, 0.1) is 0 Å². The van der Waals surface area contributed by atoms with Crippen molar-refractivity contribution in [2.24, 2.45) is 5.14 Å². The maximum Gasteiger partial charge on any atom is 0.338 e. The van der Waals surface area contributed by atoms with Gasteiger partial charge in [0.05, 0.1) is 16.0 Å². The van der Waals surface area contributed by atoms with Crippen LogP contribution in [0.25, 0.3) is 10.9 Å². The molecule has 154 valence electrons. The normalized spacial score (nSPS) is 13.3. The third-order valence-corrected chi connectivity index (χ3v) is 5.92. The molecule has 3 aromatic rings. The highest BCUT2D eigenvalue weighted by Crippen LogP contribution is 2.30. The van der Waals surface area contributed by atoms with Crippen LogP contribution in [0.4, 0.5) is 5.69 Å². The first-order valence-electron chi connectivity index (χ1n) is 8.92. The van der Waals surface area contributed by atoms with Crippen LogP contribution in [-0.2, 0) is 26.0 Å². The van der Waals surface area contributed by atoms with Crippen LogP contribution in [0.3, 0.4) is 0 Å². The van der Waals surface area contributed by atoms with Crippen LogP contribution in [0.1, 0.15) is 15.9 Å². The minimum Gasteiger partial charge on any atom is -0.452 e. The number of anilines is 1. The van der Waals surface area contributed by atoms with E-state index in [1.807, 2.05) is 0 Å². The van der Waals surface area contributed by atoms with E-state index in [1.165, 1.54) is 23.1 Å². The van der Waals surface area contributed by atoms with E-state index in [4.69, 9.17) is 21.5 Å². The molecule has 0 atom stereocenters. The smallest absolute Gasteiger partial charge is 0.338 e. The Labute approximate surface area is 177 Å². The SMILES string of the molecule is NS(=O)(=O)c1ccc2c(c1)CCN2C(=O)COC(=O)c1ccc2nc(Cl)ccc2c1. The van der Waals surface area contributed by atoms with Crippen LogP contribution in [0.5, 0.6) is 0 Å². The fraction of sp³-hybridized carbons (Fsp3) is 0.150. The number of nitrogens with zero attached hydrogens (tertiary/aromatic N) is 2. The number of amides is 1. The van der Waals surface area contributed by atoms with Crippen molar-refractivity contribution in [3.05, 3.63) is 64.8 Å². The van der Waals surface area contributed by atoms with Crippen LogP contribution < -0.4 is 10.0 Å². The molecule has 1 aliphatic rings. The minimum absolute atomic E-state index is 0.00550. The summed E-state index contributed by atoms with van der Waals surface area (Å²) in [5, 5.41) is 6.22. The highest BCUT2D eigenvalue weighted by Gasteiger charge is 2.27. The van der Waals surface area contributed by atoms with Crippen molar-refractivity contribution in [3.8, 4) is 0 Å². The number of esters is 1. The molecule has 0 saturated heterocycles. The van der Waals surface area contributed by atoms with E-state index in [1.54, 1.807) is 30.3 Å². The maximum absolute atomic E-state index is 12.6. The van der Waals surface area contributed by atoms with Gasteiger partial charge >= 0.3 is 5.97 Å². The van der Waals surface area contributed by atoms with E-state index in [2.05, 4.69) is 4.98 Å². The molecule has 1 aromatic heterocycles. The number of pyridine rings is 1. The topological polar surface area (TPSA) is 120 Å². The maximum atomic E-state index is 12.6. The number of benzene rings is 2. The number of aromatic nitrogens is 1. The highest BCUT2D eigenvalue weighted by molar-refractivity contribution is 7.89. The van der Waals surface area contributed by atoms with Crippen LogP contribution >= 0.6 is 11.6 Å². The molecule has 1 amide bonds. The zero-order valence-corrected chi connectivity index (χ0v) is 17.1. The largest absolute Gasteiger partial charge is 0.452 e. The predicted molar refractivity (Wildman–Crippen MR) is 111 cm³/mol. The lowest BCUT2D eigenvalue weighted by Gasteiger charge is -2.17. The number of hydrogen-bond acceptors (Lipinski definition) is 6. The summed E-state index contributed by atoms with van der Waals surface area (Å²) in [4.78, 5) is 30.5. The summed E-state index contributed by atoms with van der Waals surface area (Å²) in [5.41, 5.74) is 2.21. The third kappa shape index (κ3) is 4.00. The number of carbonyl (C=O) groups is 2. The number of rotatable bonds is 4. The molecule has 0 spiro atoms. The van der Waals surface area contributed by atoms with Crippen molar-refractivity contribution >= 4 is 50.1 Å². The number of carbonyl (C=O) groups excluding carboxylic acids is 2. The number of sulfonamides is 1. The Morgan fingerprint density at radius 1 is 1.13 bits per heavy atom. The van der Waals surface area contributed by atoms with E-state index in [0.29, 0.717) is 40.4 Å². The summed E-state index contributed by atoms with van der Waals surface area (Å²) in [6.07, 6.45) is 0.485. The third-order valence-electron chi connectivity index (χ3n) is 4.79. The zero-order valence-electron chi connectivity index (χ0n) is 15.5. The standard InChI is InChI=1S/C20H16ClN3O5S/c21-18-6-2-12-9-14(1-4-16(12)23-18)20(26)29-11-19(25)24-8-7-13-10-15(30(22,27)28)3-5-17(13)24/h1-6,9-10H,7-8,11H2,(H2,22,27,28). The molecule has 1 aliphatic heterocycles. The first-order chi connectivity index (χ1) is 14.2. The van der Waals surface area contributed by atoms with E-state index in [0.717, 1.165) is 5.39 Å². The summed E-state index contributed by atoms with van der Waals surface area (Å²) < 4.78 is 28.2. The van der Waals surface area contributed by atoms with Crippen molar-refractivity contribution in [1.82, 2.24) is 4.98 Å². The molecule has 0 fully saturated rings. The molecule has 0 saturated carbocycles. The number of ether oxygens (including phenoxy) is 1. The molecule has 2 heterocycles. The van der Waals surface area contributed by atoms with Crippen molar-refractivity contribution in [2.45, 2.75) is 11.3 Å². The molecule has 0 radical (unpaired) electrons. The monoisotopic (exact) mass is 445 g/mol. The van der Waals surface area contributed by atoms with Crippen LogP contribution in [-0.4, -0.2) is 38.4 Å². The van der Waals surface area contributed by atoms with Gasteiger partial charge in [0.25, 0.3) is 5.91 Å². The highest BCUT2D eigenvalue weighted by atomic mass is 35.5. The molecule has 8 nitrogen and oxygen atoms in total. The lowest BCUT2D eigenvalue weighted by atomic mass is 10.1. The summed E-state index contributed by atoms with van der Waals surface area (Å²) >= 11 is 5.85. The number of hydrogen-bond donors (Lipinski definition) is 1. The van der Waals surface area contributed by atoms with Gasteiger partial charge in [-0.05, 0) is 60.5 Å². The van der Waals surface area contributed by atoms with Crippen molar-refractivity contribution in [2.75, 3.05) is 18.1 Å². The molecule has 0 aliphatic carbocycles. The summed E-state index contributed by atoms with van der Waals surface area (Å²) in [7, 11) is -3.82. The van der Waals surface area contributed by atoms with E-state index in [-0.39, 0.29) is 4.90 Å². The van der Waals surface area contributed by atoms with Gasteiger partial charge in [-0.15, -0.1) is 0 Å². The fourth-order valence-corrected chi connectivity index (χ4v) is 4.05. The van der Waals surface area contributed by atoms with Gasteiger partial charge in [0.1, 0.15) is 5.15 Å². The van der Waals surface area contributed by atoms with Gasteiger partial charge in [-0.2, -0.15) is 0 Å². The summed E-state index contributed by atoms with van der Waals surface area (Å²) in [6, 6.07) is 12.5. The van der Waals surface area contributed by atoms with Crippen LogP contribution in [0.15, 0.2) is 53.4 Å². The first-order valence-corrected chi connectivity index (χ1v) is 10.8. The van der Waals surface area contributed by atoms with E-state index >= 15 is 0 Å². The Balaban J connectivity index is 1.44. The second-order valence-corrected chi connectivity index (χ2v) is 8.70. The predicted octanol–water partition coefficient (Wildman–Crippen LogP) is 2.28. The van der Waals surface area contributed by atoms with E-state index in [9.17, 15) is 18.0 Å². The van der Waals surface area contributed by atoms with E-state index < -0.39 is 28.5 Å². The number of nitrogens with two attached hydrogens (primary N) is 1. The second kappa shape index (κ2) is 7.67. The molecule has 10 heteroatoms. The Bertz CT molecular complexity index is 1290. The Morgan fingerprint density at radius 3 is 2.70 bits per heavy atom. The molecule has 0 unspecified atom stereocenters. The Morgan fingerprint density at radius 2 is 1.93 bits per heavy atom. The Hall–Kier alpha value is -3.01. The average Bonchev–Trinajstić information content (AvgIpc) is 3.14. The first kappa shape index (κ1) is 20.3. The molecule has 30 heavy (non-hydrogen) atoms. The minimum atomic E-state index is -3.82. The lowest BCUT2D eigenvalue weighted by molar-refractivity contribution is -0.121. The lowest BCUT2D eigenvalue weighted by Crippen LogP contribution is -2.33. The number of fused-ring (bicyclic) bond motifs is 2. The van der Waals surface area contributed by atoms with Crippen molar-refractivity contribution in [3.63, 3.8) is 0 Å². The van der Waals surface area contributed by atoms with Gasteiger partial charge in [-0.1, -0.05) is 11.6 Å². The Kier molecular flexibility index (Phi) is 5.19. The summed E-state index contributed by atoms with van der Waals surface area (Å²) in [5.74, 6) is -1.04. The zero-order chi connectivity index (χ0) is 21.5. The average molecular weight is 446 g/mol. The van der Waals surface area contributed by atoms with Gasteiger partial charge < -0.3 is 9.64 Å². The van der Waals surface area contributed by atoms with Gasteiger partial charge in [0.2, 0.25) is 10.0 Å². The summed E-state index contributed by atoms with van der Waals surface area (Å²) in [6.45, 7) is -0.0751. The molecule has 2 N–H and O–H groups in total. The quantitative estimate of drug-likeness (QED) is 0.486. The van der Waals surface area contributed by atoms with Crippen LogP contribution in [0.2, 0.25) is 5.15 Å². The molecule has 2 aromatic carbocycles. The van der Waals surface area contributed by atoms with Gasteiger partial charge in [-0.3, -0.25) is 4.79 Å². The molecule has 4 rings (SSSR count). The number of halogens is 1. The molecular weight excluding hydrogens is 430 g/mol. The second-order valence-electron chi connectivity index (χ2n) is 6.75. The molecular formula is C20H16ClN3O5S. The fourth-order valence-electron chi connectivity index (χ4n) is 3.33. The number of primary sulfonamides is 1. The molecule has 0 bridgehead atoms. The van der Waals surface area contributed by atoms with Gasteiger partial charge in [-0.25, -0.2) is 23.3 Å². The van der Waals surface area contributed by atoms with Gasteiger partial charge in [0.15, 0.2) is 6.61 Å². The van der Waals surface area contributed by atoms with Crippen molar-refractivity contribution < 1.29 is 22.7 Å². The van der Waals surface area contributed by atoms with Crippen molar-refractivity contribution in [1.29, 1.82) is 0 Å².